The highest BCUT2D eigenvalue weighted by Gasteiger charge is 2.29. The van der Waals surface area contributed by atoms with Crippen LogP contribution in [-0.2, 0) is 14.8 Å². The molecule has 0 bridgehead atoms. The summed E-state index contributed by atoms with van der Waals surface area (Å²) in [7, 11) is -3.36. The first-order chi connectivity index (χ1) is 9.55. The summed E-state index contributed by atoms with van der Waals surface area (Å²) in [5.74, 6) is 0. The molecule has 0 spiro atoms. The van der Waals surface area contributed by atoms with E-state index in [1.165, 1.54) is 0 Å². The molecule has 2 N–H and O–H groups in total. The third kappa shape index (κ3) is 3.71. The molecule has 1 aliphatic rings. The fraction of sp³-hybridized carbons (Fsp3) is 0.571. The molecule has 1 aliphatic carbocycles. The second-order valence-electron chi connectivity index (χ2n) is 4.92. The quantitative estimate of drug-likeness (QED) is 0.807. The number of benzene rings is 1. The van der Waals surface area contributed by atoms with Crippen molar-refractivity contribution >= 4 is 15.7 Å². The van der Waals surface area contributed by atoms with Gasteiger partial charge in [-0.2, -0.15) is 0 Å². The van der Waals surface area contributed by atoms with Gasteiger partial charge in [0.1, 0.15) is 0 Å². The number of nitrogens with one attached hydrogen (secondary N) is 2. The fourth-order valence-corrected chi connectivity index (χ4v) is 3.34. The molecule has 0 aromatic heterocycles. The molecule has 2 rings (SSSR count). The Balaban J connectivity index is 1.90. The van der Waals surface area contributed by atoms with E-state index in [0.29, 0.717) is 23.6 Å². The van der Waals surface area contributed by atoms with Crippen LogP contribution >= 0.6 is 0 Å². The van der Waals surface area contributed by atoms with Gasteiger partial charge in [-0.05, 0) is 44.0 Å². The Labute approximate surface area is 120 Å². The summed E-state index contributed by atoms with van der Waals surface area (Å²) in [5.41, 5.74) is 0.945. The third-order valence-electron chi connectivity index (χ3n) is 3.37. The van der Waals surface area contributed by atoms with Crippen LogP contribution in [0.2, 0.25) is 0 Å². The highest BCUT2D eigenvalue weighted by molar-refractivity contribution is 7.89. The van der Waals surface area contributed by atoms with Gasteiger partial charge in [0.05, 0.1) is 11.0 Å². The molecule has 20 heavy (non-hydrogen) atoms. The average Bonchev–Trinajstić information content (AvgIpc) is 2.37. The van der Waals surface area contributed by atoms with E-state index in [-0.39, 0.29) is 0 Å². The lowest BCUT2D eigenvalue weighted by atomic mass is 9.89. The molecule has 0 radical (unpaired) electrons. The lowest BCUT2D eigenvalue weighted by Gasteiger charge is -2.36. The molecule has 1 saturated carbocycles. The van der Waals surface area contributed by atoms with Gasteiger partial charge in [0.2, 0.25) is 10.0 Å². The van der Waals surface area contributed by atoms with Crippen LogP contribution in [0.25, 0.3) is 0 Å². The molecule has 1 aromatic rings. The number of anilines is 1. The first kappa shape index (κ1) is 15.3. The molecule has 0 saturated heterocycles. The van der Waals surface area contributed by atoms with Crippen LogP contribution in [-0.4, -0.2) is 33.7 Å². The summed E-state index contributed by atoms with van der Waals surface area (Å²) in [6.07, 6.45) is 2.38. The molecule has 1 aromatic carbocycles. The normalized spacial score (nSPS) is 22.3. The number of hydrogen-bond acceptors (Lipinski definition) is 4. The highest BCUT2D eigenvalue weighted by Crippen LogP contribution is 2.27. The number of sulfonamides is 1. The zero-order valence-electron chi connectivity index (χ0n) is 11.9. The van der Waals surface area contributed by atoms with Crippen LogP contribution in [0.5, 0.6) is 0 Å². The van der Waals surface area contributed by atoms with Crippen molar-refractivity contribution < 1.29 is 13.2 Å². The van der Waals surface area contributed by atoms with Gasteiger partial charge in [0.15, 0.2) is 0 Å². The third-order valence-corrected chi connectivity index (χ3v) is 4.93. The lowest BCUT2D eigenvalue weighted by Crippen LogP contribution is -2.40. The van der Waals surface area contributed by atoms with E-state index in [4.69, 9.17) is 4.74 Å². The van der Waals surface area contributed by atoms with E-state index in [2.05, 4.69) is 10.0 Å². The molecular weight excluding hydrogens is 276 g/mol. The summed E-state index contributed by atoms with van der Waals surface area (Å²) in [4.78, 5) is 0.297. The molecular formula is C14H22N2O3S. The van der Waals surface area contributed by atoms with E-state index in [1.54, 1.807) is 31.2 Å². The van der Waals surface area contributed by atoms with Crippen LogP contribution in [0.4, 0.5) is 5.69 Å². The maximum absolute atomic E-state index is 11.8. The minimum atomic E-state index is -3.36. The van der Waals surface area contributed by atoms with Crippen molar-refractivity contribution in [3.8, 4) is 0 Å². The number of rotatable bonds is 7. The van der Waals surface area contributed by atoms with Crippen LogP contribution < -0.4 is 10.0 Å². The van der Waals surface area contributed by atoms with Gasteiger partial charge in [-0.25, -0.2) is 13.1 Å². The maximum atomic E-state index is 11.8. The van der Waals surface area contributed by atoms with Crippen molar-refractivity contribution in [2.75, 3.05) is 18.5 Å². The molecule has 0 amide bonds. The van der Waals surface area contributed by atoms with Gasteiger partial charge in [-0.1, -0.05) is 6.92 Å². The molecule has 5 nitrogen and oxygen atoms in total. The molecule has 0 aliphatic heterocycles. The second-order valence-corrected chi connectivity index (χ2v) is 6.68. The summed E-state index contributed by atoms with van der Waals surface area (Å²) < 4.78 is 31.6. The second kappa shape index (κ2) is 6.56. The predicted octanol–water partition coefficient (Wildman–Crippen LogP) is 1.96. The Kier molecular flexibility index (Phi) is 5.01. The Morgan fingerprint density at radius 1 is 1.20 bits per heavy atom. The van der Waals surface area contributed by atoms with Gasteiger partial charge in [0.25, 0.3) is 0 Å². The van der Waals surface area contributed by atoms with Crippen molar-refractivity contribution in [3.05, 3.63) is 24.3 Å². The van der Waals surface area contributed by atoms with Gasteiger partial charge < -0.3 is 10.1 Å². The van der Waals surface area contributed by atoms with Crippen molar-refractivity contribution in [3.63, 3.8) is 0 Å². The van der Waals surface area contributed by atoms with Crippen LogP contribution in [0.15, 0.2) is 29.2 Å². The standard InChI is InChI=1S/C14H22N2O3S/c1-3-15-20(17,18)14-7-5-11(6-8-14)16-12-9-13(10-12)19-4-2/h5-8,12-13,15-16H,3-4,9-10H2,1-2H3. The number of hydrogen-bond donors (Lipinski definition) is 2. The first-order valence-electron chi connectivity index (χ1n) is 7.03. The van der Waals surface area contributed by atoms with Crippen molar-refractivity contribution in [1.82, 2.24) is 4.72 Å². The largest absolute Gasteiger partial charge is 0.382 e. The van der Waals surface area contributed by atoms with E-state index in [0.717, 1.165) is 25.1 Å². The number of ether oxygens (including phenoxy) is 1. The van der Waals surface area contributed by atoms with Crippen molar-refractivity contribution in [2.24, 2.45) is 0 Å². The molecule has 0 heterocycles. The molecule has 0 unspecified atom stereocenters. The average molecular weight is 298 g/mol. The van der Waals surface area contributed by atoms with Crippen LogP contribution in [0.1, 0.15) is 26.7 Å². The maximum Gasteiger partial charge on any atom is 0.240 e. The van der Waals surface area contributed by atoms with Gasteiger partial charge in [-0.3, -0.25) is 0 Å². The summed E-state index contributed by atoms with van der Waals surface area (Å²) in [6, 6.07) is 7.27. The monoisotopic (exact) mass is 298 g/mol. The van der Waals surface area contributed by atoms with Crippen molar-refractivity contribution in [1.29, 1.82) is 0 Å². The van der Waals surface area contributed by atoms with E-state index < -0.39 is 10.0 Å². The minimum Gasteiger partial charge on any atom is -0.382 e. The van der Waals surface area contributed by atoms with Gasteiger partial charge >= 0.3 is 0 Å². The van der Waals surface area contributed by atoms with Crippen molar-refractivity contribution in [2.45, 2.75) is 43.7 Å². The summed E-state index contributed by atoms with van der Waals surface area (Å²) in [5, 5.41) is 3.38. The topological polar surface area (TPSA) is 67.4 Å². The molecule has 112 valence electrons. The predicted molar refractivity (Wildman–Crippen MR) is 79.4 cm³/mol. The van der Waals surface area contributed by atoms with Crippen LogP contribution in [0.3, 0.4) is 0 Å². The van der Waals surface area contributed by atoms with E-state index >= 15 is 0 Å². The van der Waals surface area contributed by atoms with Crippen LogP contribution in [0, 0.1) is 0 Å². The molecule has 0 atom stereocenters. The fourth-order valence-electron chi connectivity index (χ4n) is 2.29. The molecule has 1 fully saturated rings. The zero-order chi connectivity index (χ0) is 14.6. The van der Waals surface area contributed by atoms with E-state index in [1.807, 2.05) is 6.92 Å². The Morgan fingerprint density at radius 2 is 1.85 bits per heavy atom. The summed E-state index contributed by atoms with van der Waals surface area (Å²) in [6.45, 7) is 4.92. The Hall–Kier alpha value is -1.11. The summed E-state index contributed by atoms with van der Waals surface area (Å²) >= 11 is 0. The Bertz CT molecular complexity index is 522. The highest BCUT2D eigenvalue weighted by atomic mass is 32.2. The lowest BCUT2D eigenvalue weighted by molar-refractivity contribution is 0.00299. The Morgan fingerprint density at radius 3 is 2.40 bits per heavy atom. The minimum absolute atomic E-state index is 0.297. The SMILES string of the molecule is CCNS(=O)(=O)c1ccc(NC2CC(OCC)C2)cc1. The van der Waals surface area contributed by atoms with Gasteiger partial charge in [0, 0.05) is 24.9 Å². The van der Waals surface area contributed by atoms with E-state index in [9.17, 15) is 8.42 Å². The smallest absolute Gasteiger partial charge is 0.240 e. The zero-order valence-corrected chi connectivity index (χ0v) is 12.7. The first-order valence-corrected chi connectivity index (χ1v) is 8.51. The van der Waals surface area contributed by atoms with Gasteiger partial charge in [-0.15, -0.1) is 0 Å². The molecule has 6 heteroatoms.